The first-order valence-corrected chi connectivity index (χ1v) is 8.85. The van der Waals surface area contributed by atoms with E-state index in [-0.39, 0.29) is 11.9 Å². The van der Waals surface area contributed by atoms with E-state index in [0.717, 1.165) is 18.8 Å². The number of carbonyl (C=O) groups excluding carboxylic acids is 2. The molecule has 2 aromatic rings. The van der Waals surface area contributed by atoms with Crippen LogP contribution < -0.4 is 16.4 Å². The Kier molecular flexibility index (Phi) is 5.91. The average molecular weight is 356 g/mol. The van der Waals surface area contributed by atoms with Gasteiger partial charge in [0.25, 0.3) is 5.91 Å². The Balaban J connectivity index is 1.62. The van der Waals surface area contributed by atoms with Crippen molar-refractivity contribution in [3.8, 4) is 0 Å². The fourth-order valence-electron chi connectivity index (χ4n) is 3.26. The number of piperidine rings is 1. The lowest BCUT2D eigenvalue weighted by atomic mass is 10.1. The van der Waals surface area contributed by atoms with E-state index in [0.29, 0.717) is 17.8 Å². The van der Waals surface area contributed by atoms with Crippen LogP contribution in [0.2, 0.25) is 0 Å². The molecule has 1 saturated heterocycles. The monoisotopic (exact) mass is 356 g/mol. The number of nitrogens with two attached hydrogens (primary N) is 1. The lowest BCUT2D eigenvalue weighted by molar-refractivity contribution is 0.0914. The zero-order valence-electron chi connectivity index (χ0n) is 14.6. The lowest BCUT2D eigenvalue weighted by Crippen LogP contribution is -2.40. The third-order valence-electron chi connectivity index (χ3n) is 4.57. The topological polar surface area (TPSA) is 101 Å². The summed E-state index contributed by atoms with van der Waals surface area (Å²) in [6.45, 7) is 2.50. The molecule has 0 aliphatic carbocycles. The molecule has 1 aromatic carbocycles. The summed E-state index contributed by atoms with van der Waals surface area (Å²) in [6, 6.07) is 9.83. The maximum absolute atomic E-state index is 12.5. The summed E-state index contributed by atoms with van der Waals surface area (Å²) in [6.07, 6.45) is 5.25. The van der Waals surface area contributed by atoms with Gasteiger partial charge in [-0.3, -0.25) is 9.69 Å². The van der Waals surface area contributed by atoms with E-state index in [1.165, 1.54) is 19.3 Å². The molecule has 4 N–H and O–H groups in total. The van der Waals surface area contributed by atoms with Gasteiger partial charge in [0.15, 0.2) is 0 Å². The lowest BCUT2D eigenvalue weighted by Gasteiger charge is -2.33. The van der Waals surface area contributed by atoms with Crippen molar-refractivity contribution >= 4 is 17.6 Å². The van der Waals surface area contributed by atoms with Crippen LogP contribution >= 0.6 is 0 Å². The minimum Gasteiger partial charge on any atom is -0.468 e. The van der Waals surface area contributed by atoms with Crippen molar-refractivity contribution in [1.29, 1.82) is 0 Å². The normalized spacial score (nSPS) is 16.0. The summed E-state index contributed by atoms with van der Waals surface area (Å²) in [4.78, 5) is 25.7. The van der Waals surface area contributed by atoms with Gasteiger partial charge in [0.2, 0.25) is 0 Å². The van der Waals surface area contributed by atoms with Gasteiger partial charge in [-0.15, -0.1) is 0 Å². The first kappa shape index (κ1) is 18.0. The van der Waals surface area contributed by atoms with E-state index in [9.17, 15) is 9.59 Å². The molecule has 1 aromatic heterocycles. The Morgan fingerprint density at radius 1 is 1.12 bits per heavy atom. The first-order valence-electron chi connectivity index (χ1n) is 8.85. The molecule has 1 fully saturated rings. The van der Waals surface area contributed by atoms with Crippen molar-refractivity contribution in [2.24, 2.45) is 5.73 Å². The molecule has 3 amide bonds. The quantitative estimate of drug-likeness (QED) is 0.741. The summed E-state index contributed by atoms with van der Waals surface area (Å²) in [7, 11) is 0. The molecule has 1 aliphatic rings. The van der Waals surface area contributed by atoms with Gasteiger partial charge in [-0.05, 0) is 62.3 Å². The number of primary amides is 1. The number of hydrogen-bond donors (Lipinski definition) is 3. The average Bonchev–Trinajstić information content (AvgIpc) is 3.17. The van der Waals surface area contributed by atoms with Gasteiger partial charge in [-0.1, -0.05) is 6.42 Å². The van der Waals surface area contributed by atoms with Crippen LogP contribution in [-0.2, 0) is 0 Å². The van der Waals surface area contributed by atoms with E-state index >= 15 is 0 Å². The molecule has 7 nitrogen and oxygen atoms in total. The van der Waals surface area contributed by atoms with Gasteiger partial charge >= 0.3 is 6.03 Å². The molecule has 1 aliphatic heterocycles. The summed E-state index contributed by atoms with van der Waals surface area (Å²) in [5, 5.41) is 5.46. The Labute approximate surface area is 152 Å². The number of likely N-dealkylation sites (tertiary alicyclic amines) is 1. The number of hydrogen-bond acceptors (Lipinski definition) is 4. The summed E-state index contributed by atoms with van der Waals surface area (Å²) >= 11 is 0. The third-order valence-corrected chi connectivity index (χ3v) is 4.57. The molecule has 0 bridgehead atoms. The molecule has 0 saturated carbocycles. The summed E-state index contributed by atoms with van der Waals surface area (Å²) in [5.41, 5.74) is 6.15. The summed E-state index contributed by atoms with van der Waals surface area (Å²) in [5.74, 6) is 0.706. The van der Waals surface area contributed by atoms with Gasteiger partial charge in [-0.25, -0.2) is 4.79 Å². The van der Waals surface area contributed by atoms with Crippen molar-refractivity contribution in [3.05, 3.63) is 54.0 Å². The number of urea groups is 1. The maximum Gasteiger partial charge on any atom is 0.316 e. The van der Waals surface area contributed by atoms with Crippen molar-refractivity contribution in [2.45, 2.75) is 25.3 Å². The van der Waals surface area contributed by atoms with Crippen molar-refractivity contribution < 1.29 is 14.0 Å². The zero-order chi connectivity index (χ0) is 18.4. The molecular formula is C19H24N4O3. The number of furan rings is 1. The highest BCUT2D eigenvalue weighted by Crippen LogP contribution is 2.24. The van der Waals surface area contributed by atoms with Gasteiger partial charge in [-0.2, -0.15) is 0 Å². The van der Waals surface area contributed by atoms with E-state index in [2.05, 4.69) is 15.5 Å². The molecule has 0 unspecified atom stereocenters. The fraction of sp³-hybridized carbons (Fsp3) is 0.368. The number of carbonyl (C=O) groups is 2. The fourth-order valence-corrected chi connectivity index (χ4v) is 3.26. The van der Waals surface area contributed by atoms with Crippen LogP contribution in [-0.4, -0.2) is 36.5 Å². The molecule has 7 heteroatoms. The van der Waals surface area contributed by atoms with Crippen molar-refractivity contribution in [1.82, 2.24) is 10.2 Å². The second kappa shape index (κ2) is 8.53. The second-order valence-corrected chi connectivity index (χ2v) is 6.40. The smallest absolute Gasteiger partial charge is 0.316 e. The molecule has 1 atom stereocenters. The Morgan fingerprint density at radius 2 is 1.85 bits per heavy atom. The minimum atomic E-state index is -0.634. The van der Waals surface area contributed by atoms with Crippen LogP contribution in [0.1, 0.15) is 41.4 Å². The number of nitrogens with one attached hydrogen (secondary N) is 2. The standard InChI is InChI=1S/C19H24N4O3/c20-19(25)22-15-8-6-14(7-9-15)18(24)21-13-16(17-5-4-12-26-17)23-10-2-1-3-11-23/h4-9,12,16H,1-3,10-11,13H2,(H,21,24)(H3,20,22,25)/t16-/m1/s1. The van der Waals surface area contributed by atoms with Crippen LogP contribution in [0.5, 0.6) is 0 Å². The SMILES string of the molecule is NC(=O)Nc1ccc(C(=O)NC[C@H](c2ccco2)N2CCCCC2)cc1. The molecule has 2 heterocycles. The van der Waals surface area contributed by atoms with Crippen LogP contribution in [0.3, 0.4) is 0 Å². The number of anilines is 1. The molecule has 0 radical (unpaired) electrons. The minimum absolute atomic E-state index is 0.0325. The van der Waals surface area contributed by atoms with Crippen LogP contribution in [0.15, 0.2) is 47.1 Å². The first-order chi connectivity index (χ1) is 12.6. The highest BCUT2D eigenvalue weighted by molar-refractivity contribution is 5.95. The Morgan fingerprint density at radius 3 is 2.46 bits per heavy atom. The second-order valence-electron chi connectivity index (χ2n) is 6.40. The molecule has 3 rings (SSSR count). The van der Waals surface area contributed by atoms with Crippen molar-refractivity contribution in [2.75, 3.05) is 25.0 Å². The molecule has 0 spiro atoms. The predicted molar refractivity (Wildman–Crippen MR) is 98.9 cm³/mol. The Hall–Kier alpha value is -2.80. The van der Waals surface area contributed by atoms with E-state index in [1.54, 1.807) is 30.5 Å². The van der Waals surface area contributed by atoms with Crippen LogP contribution in [0.4, 0.5) is 10.5 Å². The van der Waals surface area contributed by atoms with Crippen LogP contribution in [0, 0.1) is 0 Å². The third kappa shape index (κ3) is 4.64. The van der Waals surface area contributed by atoms with Gasteiger partial charge in [0, 0.05) is 17.8 Å². The van der Waals surface area contributed by atoms with Crippen LogP contribution in [0.25, 0.3) is 0 Å². The van der Waals surface area contributed by atoms with Crippen molar-refractivity contribution in [3.63, 3.8) is 0 Å². The van der Waals surface area contributed by atoms with E-state index < -0.39 is 6.03 Å². The summed E-state index contributed by atoms with van der Waals surface area (Å²) < 4.78 is 5.59. The van der Waals surface area contributed by atoms with Gasteiger partial charge in [0.05, 0.1) is 12.3 Å². The molecule has 26 heavy (non-hydrogen) atoms. The number of rotatable bonds is 6. The van der Waals surface area contributed by atoms with E-state index in [1.807, 2.05) is 12.1 Å². The highest BCUT2D eigenvalue weighted by atomic mass is 16.3. The zero-order valence-corrected chi connectivity index (χ0v) is 14.6. The maximum atomic E-state index is 12.5. The largest absolute Gasteiger partial charge is 0.468 e. The van der Waals surface area contributed by atoms with E-state index in [4.69, 9.17) is 10.2 Å². The Bertz CT molecular complexity index is 722. The van der Waals surface area contributed by atoms with Gasteiger partial charge in [0.1, 0.15) is 5.76 Å². The molecule has 138 valence electrons. The number of amides is 3. The number of nitrogens with zero attached hydrogens (tertiary/aromatic N) is 1. The highest BCUT2D eigenvalue weighted by Gasteiger charge is 2.25. The van der Waals surface area contributed by atoms with Gasteiger partial charge < -0.3 is 20.8 Å². The predicted octanol–water partition coefficient (Wildman–Crippen LogP) is 2.73. The number of benzene rings is 1. The molecular weight excluding hydrogens is 332 g/mol.